The molecule has 0 aliphatic carbocycles. The molecule has 0 saturated heterocycles. The van der Waals surface area contributed by atoms with Crippen LogP contribution < -0.4 is 4.90 Å². The van der Waals surface area contributed by atoms with Crippen LogP contribution >= 0.6 is 0 Å². The third-order valence-corrected chi connectivity index (χ3v) is 3.20. The van der Waals surface area contributed by atoms with Crippen molar-refractivity contribution in [1.82, 2.24) is 0 Å². The number of amides is 1. The van der Waals surface area contributed by atoms with E-state index in [0.717, 1.165) is 5.69 Å². The molecule has 0 saturated carbocycles. The van der Waals surface area contributed by atoms with Crippen molar-refractivity contribution in [3.8, 4) is 0 Å². The van der Waals surface area contributed by atoms with E-state index in [4.69, 9.17) is 9.47 Å². The second-order valence-corrected chi connectivity index (χ2v) is 4.07. The van der Waals surface area contributed by atoms with Crippen LogP contribution in [0.2, 0.25) is 0 Å². The van der Waals surface area contributed by atoms with Gasteiger partial charge in [-0.05, 0) is 6.07 Å². The van der Waals surface area contributed by atoms with Gasteiger partial charge in [0, 0.05) is 26.2 Å². The van der Waals surface area contributed by atoms with E-state index < -0.39 is 5.60 Å². The maximum absolute atomic E-state index is 12.5. The van der Waals surface area contributed by atoms with Gasteiger partial charge in [-0.25, -0.2) is 0 Å². The Labute approximate surface area is 105 Å². The van der Waals surface area contributed by atoms with Gasteiger partial charge in [-0.15, -0.1) is 0 Å². The lowest BCUT2D eigenvalue weighted by Gasteiger charge is -2.24. The van der Waals surface area contributed by atoms with Crippen LogP contribution in [0, 0.1) is 0 Å². The molecule has 1 unspecified atom stereocenters. The Hall–Kier alpha value is -1.72. The first kappa shape index (κ1) is 12.7. The van der Waals surface area contributed by atoms with Crippen molar-refractivity contribution in [2.45, 2.75) is 12.0 Å². The Morgan fingerprint density at radius 3 is 2.67 bits per heavy atom. The molecule has 96 valence electrons. The van der Waals surface area contributed by atoms with E-state index in [1.807, 2.05) is 18.2 Å². The molecule has 5 heteroatoms. The molecule has 0 N–H and O–H groups in total. The molecule has 0 aromatic heterocycles. The maximum Gasteiger partial charge on any atom is 0.266 e. The molecule has 0 radical (unpaired) electrons. The predicted octanol–water partition coefficient (Wildman–Crippen LogP) is 1.07. The smallest absolute Gasteiger partial charge is 0.266 e. The molecular weight excluding hydrogens is 234 g/mol. The minimum Gasteiger partial charge on any atom is -0.364 e. The lowest BCUT2D eigenvalue weighted by molar-refractivity contribution is -0.143. The summed E-state index contributed by atoms with van der Waals surface area (Å²) in [5.74, 6) is -0.264. The molecule has 0 fully saturated rings. The molecule has 1 amide bonds. The number of aldehydes is 1. The summed E-state index contributed by atoms with van der Waals surface area (Å²) >= 11 is 0. The van der Waals surface area contributed by atoms with Crippen LogP contribution in [0.25, 0.3) is 0 Å². The van der Waals surface area contributed by atoms with Crippen molar-refractivity contribution in [2.75, 3.05) is 25.9 Å². The van der Waals surface area contributed by atoms with Crippen LogP contribution in [-0.4, -0.2) is 33.1 Å². The van der Waals surface area contributed by atoms with Gasteiger partial charge >= 0.3 is 0 Å². The Morgan fingerprint density at radius 1 is 1.33 bits per heavy atom. The number of hydrogen-bond donors (Lipinski definition) is 0. The molecule has 1 aliphatic rings. The average Bonchev–Trinajstić information content (AvgIpc) is 2.63. The van der Waals surface area contributed by atoms with Gasteiger partial charge in [0.15, 0.2) is 5.60 Å². The van der Waals surface area contributed by atoms with Gasteiger partial charge in [0.2, 0.25) is 0 Å². The number of anilines is 1. The van der Waals surface area contributed by atoms with Crippen LogP contribution in [0.5, 0.6) is 0 Å². The number of nitrogens with zero attached hydrogens (tertiary/aromatic N) is 1. The van der Waals surface area contributed by atoms with Crippen LogP contribution in [0.4, 0.5) is 5.69 Å². The van der Waals surface area contributed by atoms with E-state index in [2.05, 4.69) is 0 Å². The van der Waals surface area contributed by atoms with E-state index in [0.29, 0.717) is 11.8 Å². The normalized spacial score (nSPS) is 22.1. The van der Waals surface area contributed by atoms with Crippen LogP contribution in [-0.2, 0) is 24.7 Å². The number of para-hydroxylation sites is 1. The number of carbonyl (C=O) groups is 2. The molecule has 5 nitrogen and oxygen atoms in total. The van der Waals surface area contributed by atoms with E-state index in [1.165, 1.54) is 19.1 Å². The fourth-order valence-electron chi connectivity index (χ4n) is 2.35. The highest BCUT2D eigenvalue weighted by atomic mass is 16.5. The zero-order chi connectivity index (χ0) is 13.2. The monoisotopic (exact) mass is 249 g/mol. The quantitative estimate of drug-likeness (QED) is 0.732. The van der Waals surface area contributed by atoms with E-state index in [-0.39, 0.29) is 19.1 Å². The highest BCUT2D eigenvalue weighted by Gasteiger charge is 2.51. The highest BCUT2D eigenvalue weighted by Crippen LogP contribution is 2.43. The van der Waals surface area contributed by atoms with Gasteiger partial charge in [-0.2, -0.15) is 0 Å². The summed E-state index contributed by atoms with van der Waals surface area (Å²) in [7, 11) is 2.96. The van der Waals surface area contributed by atoms with Crippen LogP contribution in [0.3, 0.4) is 0 Å². The van der Waals surface area contributed by atoms with Crippen molar-refractivity contribution >= 4 is 17.9 Å². The summed E-state index contributed by atoms with van der Waals surface area (Å²) in [4.78, 5) is 24.8. The van der Waals surface area contributed by atoms with E-state index in [1.54, 1.807) is 6.07 Å². The zero-order valence-electron chi connectivity index (χ0n) is 10.4. The number of fused-ring (bicyclic) bond motifs is 1. The minimum absolute atomic E-state index is 0.000436. The maximum atomic E-state index is 12.5. The number of carbonyl (C=O) groups excluding carboxylic acids is 2. The molecule has 2 rings (SSSR count). The molecule has 1 aromatic rings. The standard InChI is InChI=1S/C13H15NO4/c1-17-9-14-11-6-4-3-5-10(11)13(18-2,7-8-15)12(14)16/h3-6,8H,7,9H2,1-2H3. The Morgan fingerprint density at radius 2 is 2.06 bits per heavy atom. The minimum atomic E-state index is -1.21. The van der Waals surface area contributed by atoms with E-state index in [9.17, 15) is 9.59 Å². The molecule has 0 spiro atoms. The van der Waals surface area contributed by atoms with Crippen LogP contribution in [0.1, 0.15) is 12.0 Å². The summed E-state index contributed by atoms with van der Waals surface area (Å²) in [5.41, 5.74) is 0.228. The molecule has 0 bridgehead atoms. The summed E-state index contributed by atoms with van der Waals surface area (Å²) in [6, 6.07) is 7.27. The van der Waals surface area contributed by atoms with Crippen molar-refractivity contribution in [1.29, 1.82) is 0 Å². The number of ether oxygens (including phenoxy) is 2. The fraction of sp³-hybridized carbons (Fsp3) is 0.385. The number of methoxy groups -OCH3 is 2. The average molecular weight is 249 g/mol. The van der Waals surface area contributed by atoms with Crippen molar-refractivity contribution in [2.24, 2.45) is 0 Å². The summed E-state index contributed by atoms with van der Waals surface area (Å²) < 4.78 is 10.4. The molecular formula is C13H15NO4. The van der Waals surface area contributed by atoms with E-state index >= 15 is 0 Å². The van der Waals surface area contributed by atoms with Crippen molar-refractivity contribution < 1.29 is 19.1 Å². The van der Waals surface area contributed by atoms with Gasteiger partial charge in [-0.1, -0.05) is 18.2 Å². The molecule has 1 atom stereocenters. The predicted molar refractivity (Wildman–Crippen MR) is 65.2 cm³/mol. The number of benzene rings is 1. The van der Waals surface area contributed by atoms with Gasteiger partial charge in [0.1, 0.15) is 13.0 Å². The van der Waals surface area contributed by atoms with Crippen molar-refractivity contribution in [3.63, 3.8) is 0 Å². The van der Waals surface area contributed by atoms with Gasteiger partial charge < -0.3 is 14.3 Å². The summed E-state index contributed by atoms with van der Waals surface area (Å²) in [6.45, 7) is 0.139. The zero-order valence-corrected chi connectivity index (χ0v) is 10.4. The Kier molecular flexibility index (Phi) is 3.45. The molecule has 1 heterocycles. The van der Waals surface area contributed by atoms with Crippen molar-refractivity contribution in [3.05, 3.63) is 29.8 Å². The first-order chi connectivity index (χ1) is 8.71. The van der Waals surface area contributed by atoms with Gasteiger partial charge in [-0.3, -0.25) is 9.69 Å². The topological polar surface area (TPSA) is 55.8 Å². The third kappa shape index (κ3) is 1.63. The molecule has 1 aliphatic heterocycles. The summed E-state index contributed by atoms with van der Waals surface area (Å²) in [6.07, 6.45) is 0.702. The summed E-state index contributed by atoms with van der Waals surface area (Å²) in [5, 5.41) is 0. The fourth-order valence-corrected chi connectivity index (χ4v) is 2.35. The number of rotatable bonds is 5. The lowest BCUT2D eigenvalue weighted by atomic mass is 9.92. The molecule has 1 aromatic carbocycles. The largest absolute Gasteiger partial charge is 0.364 e. The first-order valence-electron chi connectivity index (χ1n) is 5.60. The first-order valence-corrected chi connectivity index (χ1v) is 5.60. The Bertz CT molecular complexity index is 474. The third-order valence-electron chi connectivity index (χ3n) is 3.20. The highest BCUT2D eigenvalue weighted by molar-refractivity contribution is 6.07. The van der Waals surface area contributed by atoms with Gasteiger partial charge in [0.05, 0.1) is 5.69 Å². The second-order valence-electron chi connectivity index (χ2n) is 4.07. The van der Waals surface area contributed by atoms with Gasteiger partial charge in [0.25, 0.3) is 5.91 Å². The Balaban J connectivity index is 2.56. The number of hydrogen-bond acceptors (Lipinski definition) is 4. The molecule has 18 heavy (non-hydrogen) atoms. The second kappa shape index (κ2) is 4.88. The SMILES string of the molecule is COCN1C(=O)C(CC=O)(OC)c2ccccc21. The van der Waals surface area contributed by atoms with Crippen LogP contribution in [0.15, 0.2) is 24.3 Å². The lowest BCUT2D eigenvalue weighted by Crippen LogP contribution is -2.42.